The zero-order valence-corrected chi connectivity index (χ0v) is 9.46. The van der Waals surface area contributed by atoms with E-state index in [1.54, 1.807) is 35.8 Å². The van der Waals surface area contributed by atoms with Crippen molar-refractivity contribution < 1.29 is 8.76 Å². The third-order valence-electron chi connectivity index (χ3n) is 1.40. The quantitative estimate of drug-likeness (QED) is 0.765. The van der Waals surface area contributed by atoms with E-state index in [2.05, 4.69) is 5.32 Å². The van der Waals surface area contributed by atoms with Gasteiger partial charge >= 0.3 is 0 Å². The molecule has 0 fully saturated rings. The predicted octanol–water partition coefficient (Wildman–Crippen LogP) is 2.13. The van der Waals surface area contributed by atoms with Crippen LogP contribution in [0.4, 0.5) is 0 Å². The van der Waals surface area contributed by atoms with Gasteiger partial charge in [-0.05, 0) is 34.0 Å². The minimum absolute atomic E-state index is 0.185. The number of allylic oxidation sites excluding steroid dienone is 4. The molecule has 1 aliphatic heterocycles. The highest BCUT2D eigenvalue weighted by molar-refractivity contribution is 7.83. The fourth-order valence-corrected chi connectivity index (χ4v) is 1.58. The molecule has 0 saturated carbocycles. The summed E-state index contributed by atoms with van der Waals surface area (Å²) < 4.78 is 20.6. The van der Waals surface area contributed by atoms with E-state index in [1.165, 1.54) is 6.08 Å². The predicted molar refractivity (Wildman–Crippen MR) is 62.7 cm³/mol. The molecule has 1 aromatic rings. The third kappa shape index (κ3) is 5.31. The molecule has 0 spiro atoms. The summed E-state index contributed by atoms with van der Waals surface area (Å²) in [4.78, 5) is 0. The molecule has 0 aliphatic carbocycles. The van der Waals surface area contributed by atoms with Crippen molar-refractivity contribution in [2.75, 3.05) is 0 Å². The van der Waals surface area contributed by atoms with Crippen molar-refractivity contribution >= 4 is 22.4 Å². The lowest BCUT2D eigenvalue weighted by molar-refractivity contribution is 0.541. The second kappa shape index (κ2) is 7.17. The van der Waals surface area contributed by atoms with Crippen LogP contribution in [0.5, 0.6) is 0 Å². The molecule has 0 bridgehead atoms. The van der Waals surface area contributed by atoms with Crippen molar-refractivity contribution in [3.63, 3.8) is 0 Å². The molecule has 15 heavy (non-hydrogen) atoms. The van der Waals surface area contributed by atoms with Crippen LogP contribution in [0.15, 0.2) is 58.4 Å². The molecular weight excluding hydrogens is 230 g/mol. The Balaban J connectivity index is 0.000000187. The van der Waals surface area contributed by atoms with Crippen molar-refractivity contribution in [3.05, 3.63) is 58.4 Å². The summed E-state index contributed by atoms with van der Waals surface area (Å²) in [5.41, 5.74) is 0. The summed E-state index contributed by atoms with van der Waals surface area (Å²) in [7, 11) is 0. The highest BCUT2D eigenvalue weighted by atomic mass is 32.2. The molecule has 5 heteroatoms. The van der Waals surface area contributed by atoms with Crippen LogP contribution < -0.4 is 5.32 Å². The molecule has 2 heterocycles. The van der Waals surface area contributed by atoms with Crippen LogP contribution in [-0.4, -0.2) is 8.76 Å². The van der Waals surface area contributed by atoms with E-state index in [9.17, 15) is 8.76 Å². The Labute approximate surface area is 95.1 Å². The van der Waals surface area contributed by atoms with Gasteiger partial charge in [0.15, 0.2) is 0 Å². The average molecular weight is 240 g/mol. The number of rotatable bonds is 1. The van der Waals surface area contributed by atoms with Crippen molar-refractivity contribution in [2.24, 2.45) is 0 Å². The van der Waals surface area contributed by atoms with Gasteiger partial charge in [-0.15, -0.1) is 0 Å². The zero-order valence-electron chi connectivity index (χ0n) is 7.83. The topological polar surface area (TPSA) is 52.2 Å². The molecular formula is C10H10NO2S2-. The number of hydrogen-bond donors (Lipinski definition) is 1. The van der Waals surface area contributed by atoms with Gasteiger partial charge in [0.05, 0.1) is 5.03 Å². The Bertz CT molecular complexity index is 363. The SMILES string of the molecule is O=S([O-])C1=CC=CC=CN1.c1ccsc1. The second-order valence-electron chi connectivity index (χ2n) is 2.45. The first-order valence-electron chi connectivity index (χ1n) is 4.17. The lowest BCUT2D eigenvalue weighted by Crippen LogP contribution is -2.08. The van der Waals surface area contributed by atoms with Crippen molar-refractivity contribution in [1.82, 2.24) is 5.32 Å². The number of hydrogen-bond acceptors (Lipinski definition) is 4. The molecule has 1 unspecified atom stereocenters. The average Bonchev–Trinajstić information content (AvgIpc) is 2.67. The van der Waals surface area contributed by atoms with E-state index in [-0.39, 0.29) is 5.03 Å². The van der Waals surface area contributed by atoms with Crippen molar-refractivity contribution in [1.29, 1.82) is 0 Å². The van der Waals surface area contributed by atoms with Crippen LogP contribution in [0.1, 0.15) is 0 Å². The van der Waals surface area contributed by atoms with Gasteiger partial charge in [0.1, 0.15) is 0 Å². The van der Waals surface area contributed by atoms with Gasteiger partial charge in [-0.3, -0.25) is 4.21 Å². The van der Waals surface area contributed by atoms with Gasteiger partial charge in [0.25, 0.3) is 0 Å². The Morgan fingerprint density at radius 2 is 1.93 bits per heavy atom. The fraction of sp³-hybridized carbons (Fsp3) is 0. The third-order valence-corrected chi connectivity index (χ3v) is 2.64. The van der Waals surface area contributed by atoms with Crippen LogP contribution in [0.25, 0.3) is 0 Å². The standard InChI is InChI=1S/C6H7NO2S.C4H4S/c8-10(9)6-4-2-1-3-5-7-6;1-2-4-5-3-1/h1-5,7H,(H,8,9);1-4H/p-1. The summed E-state index contributed by atoms with van der Waals surface area (Å²) in [6.07, 6.45) is 8.17. The minimum atomic E-state index is -2.17. The first-order chi connectivity index (χ1) is 7.30. The van der Waals surface area contributed by atoms with Gasteiger partial charge in [0.2, 0.25) is 0 Å². The summed E-state index contributed by atoms with van der Waals surface area (Å²) >= 11 is -0.453. The van der Waals surface area contributed by atoms with E-state index >= 15 is 0 Å². The Kier molecular flexibility index (Phi) is 5.69. The van der Waals surface area contributed by atoms with Crippen molar-refractivity contribution in [3.8, 4) is 0 Å². The second-order valence-corrected chi connectivity index (χ2v) is 4.17. The van der Waals surface area contributed by atoms with Crippen LogP contribution in [-0.2, 0) is 11.1 Å². The smallest absolute Gasteiger partial charge is 0.0894 e. The van der Waals surface area contributed by atoms with E-state index < -0.39 is 11.1 Å². The van der Waals surface area contributed by atoms with Crippen molar-refractivity contribution in [2.45, 2.75) is 0 Å². The summed E-state index contributed by atoms with van der Waals surface area (Å²) in [6, 6.07) is 4.04. The molecule has 0 aromatic carbocycles. The molecule has 0 saturated heterocycles. The van der Waals surface area contributed by atoms with Gasteiger partial charge in [-0.1, -0.05) is 24.3 Å². The van der Waals surface area contributed by atoms with Crippen LogP contribution >= 0.6 is 11.3 Å². The molecule has 0 radical (unpaired) electrons. The molecule has 80 valence electrons. The summed E-state index contributed by atoms with van der Waals surface area (Å²) in [5.74, 6) is 0. The normalized spacial score (nSPS) is 15.4. The lowest BCUT2D eigenvalue weighted by Gasteiger charge is -2.07. The molecule has 3 nitrogen and oxygen atoms in total. The van der Waals surface area contributed by atoms with E-state index in [1.807, 2.05) is 22.9 Å². The highest BCUT2D eigenvalue weighted by Gasteiger charge is 1.91. The first kappa shape index (κ1) is 11.9. The molecule has 0 amide bonds. The molecule has 1 N–H and O–H groups in total. The first-order valence-corrected chi connectivity index (χ1v) is 6.19. The fourth-order valence-electron chi connectivity index (χ4n) is 0.771. The van der Waals surface area contributed by atoms with E-state index in [0.29, 0.717) is 0 Å². The van der Waals surface area contributed by atoms with E-state index in [0.717, 1.165) is 0 Å². The maximum atomic E-state index is 10.3. The largest absolute Gasteiger partial charge is 0.767 e. The van der Waals surface area contributed by atoms with Gasteiger partial charge in [-0.25, -0.2) is 0 Å². The summed E-state index contributed by atoms with van der Waals surface area (Å²) in [6.45, 7) is 0. The number of nitrogens with one attached hydrogen (secondary N) is 1. The molecule has 1 aromatic heterocycles. The molecule has 1 aliphatic rings. The minimum Gasteiger partial charge on any atom is -0.767 e. The maximum Gasteiger partial charge on any atom is 0.0894 e. The number of thiophene rings is 1. The maximum absolute atomic E-state index is 10.3. The Hall–Kier alpha value is -1.17. The van der Waals surface area contributed by atoms with Gasteiger partial charge < -0.3 is 9.87 Å². The Morgan fingerprint density at radius 3 is 2.47 bits per heavy atom. The molecule has 1 atom stereocenters. The monoisotopic (exact) mass is 240 g/mol. The lowest BCUT2D eigenvalue weighted by atomic mass is 10.5. The van der Waals surface area contributed by atoms with Crippen LogP contribution in [0, 0.1) is 0 Å². The van der Waals surface area contributed by atoms with E-state index in [4.69, 9.17) is 0 Å². The van der Waals surface area contributed by atoms with Crippen LogP contribution in [0.3, 0.4) is 0 Å². The zero-order chi connectivity index (χ0) is 10.9. The van der Waals surface area contributed by atoms with Crippen LogP contribution in [0.2, 0.25) is 0 Å². The Morgan fingerprint density at radius 1 is 1.20 bits per heavy atom. The molecule has 2 rings (SSSR count). The summed E-state index contributed by atoms with van der Waals surface area (Å²) in [5, 5.41) is 6.85. The van der Waals surface area contributed by atoms with Gasteiger partial charge in [-0.2, -0.15) is 11.3 Å². The highest BCUT2D eigenvalue weighted by Crippen LogP contribution is 1.97. The van der Waals surface area contributed by atoms with Gasteiger partial charge in [0, 0.05) is 6.20 Å².